The van der Waals surface area contributed by atoms with Gasteiger partial charge in [0, 0.05) is 16.9 Å². The fourth-order valence-corrected chi connectivity index (χ4v) is 2.15. The van der Waals surface area contributed by atoms with E-state index in [-0.39, 0.29) is 5.69 Å². The van der Waals surface area contributed by atoms with Crippen LogP contribution in [0, 0.1) is 0 Å². The van der Waals surface area contributed by atoms with Gasteiger partial charge < -0.3 is 20.5 Å². The number of para-hydroxylation sites is 1. The van der Waals surface area contributed by atoms with Crippen LogP contribution in [0.15, 0.2) is 54.6 Å². The smallest absolute Gasteiger partial charge is 0.432 e. The highest BCUT2D eigenvalue weighted by Crippen LogP contribution is 2.40. The molecule has 2 aromatic rings. The largest absolute Gasteiger partial charge is 0.466 e. The number of methoxy groups -OCH3 is 1. The number of esters is 1. The molecule has 0 unspecified atom stereocenters. The van der Waals surface area contributed by atoms with Gasteiger partial charge in [0.2, 0.25) is 0 Å². The Balaban J connectivity index is 2.16. The molecule has 0 radical (unpaired) electrons. The summed E-state index contributed by atoms with van der Waals surface area (Å²) in [6.45, 7) is 0. The lowest BCUT2D eigenvalue weighted by molar-refractivity contribution is -0.266. The van der Waals surface area contributed by atoms with E-state index in [0.29, 0.717) is 5.69 Å². The van der Waals surface area contributed by atoms with Gasteiger partial charge in [-0.3, -0.25) is 0 Å². The zero-order chi connectivity index (χ0) is 19.4. The SMILES string of the molecule is COC(=O)[C@](O)(c1ccc(NC(=O)Nc2ccccc2)cc1)C(F)(F)F. The molecule has 0 aliphatic heterocycles. The zero-order valence-electron chi connectivity index (χ0n) is 13.5. The molecule has 6 nitrogen and oxygen atoms in total. The Hall–Kier alpha value is -3.07. The maximum atomic E-state index is 13.1. The van der Waals surface area contributed by atoms with Crippen molar-refractivity contribution in [3.8, 4) is 0 Å². The summed E-state index contributed by atoms with van der Waals surface area (Å²) in [5.41, 5.74) is -3.84. The molecule has 0 heterocycles. The Morgan fingerprint density at radius 2 is 1.42 bits per heavy atom. The average Bonchev–Trinajstić information content (AvgIpc) is 2.60. The van der Waals surface area contributed by atoms with Crippen LogP contribution in [0.5, 0.6) is 0 Å². The molecular formula is C17H15F3N2O4. The number of hydrogen-bond donors (Lipinski definition) is 3. The number of alkyl halides is 3. The van der Waals surface area contributed by atoms with Crippen molar-refractivity contribution in [2.75, 3.05) is 17.7 Å². The van der Waals surface area contributed by atoms with Gasteiger partial charge in [-0.25, -0.2) is 9.59 Å². The molecule has 1 atom stereocenters. The van der Waals surface area contributed by atoms with Crippen molar-refractivity contribution in [2.24, 2.45) is 0 Å². The average molecular weight is 368 g/mol. The number of carbonyl (C=O) groups is 2. The van der Waals surface area contributed by atoms with Crippen molar-refractivity contribution in [1.29, 1.82) is 0 Å². The van der Waals surface area contributed by atoms with Crippen LogP contribution in [-0.4, -0.2) is 30.4 Å². The van der Waals surface area contributed by atoms with Gasteiger partial charge in [-0.05, 0) is 24.3 Å². The van der Waals surface area contributed by atoms with Crippen LogP contribution in [0.25, 0.3) is 0 Å². The molecule has 2 amide bonds. The van der Waals surface area contributed by atoms with E-state index in [1.165, 1.54) is 0 Å². The number of ether oxygens (including phenoxy) is 1. The number of hydrogen-bond acceptors (Lipinski definition) is 4. The summed E-state index contributed by atoms with van der Waals surface area (Å²) in [6, 6.07) is 11.9. The molecule has 0 bridgehead atoms. The van der Waals surface area contributed by atoms with Gasteiger partial charge in [0.1, 0.15) is 0 Å². The second-order valence-electron chi connectivity index (χ2n) is 5.22. The second-order valence-corrected chi connectivity index (χ2v) is 5.22. The highest BCUT2D eigenvalue weighted by atomic mass is 19.4. The molecule has 2 aromatic carbocycles. The summed E-state index contributed by atoms with van der Waals surface area (Å²) in [5, 5.41) is 14.8. The van der Waals surface area contributed by atoms with Gasteiger partial charge in [-0.2, -0.15) is 13.2 Å². The van der Waals surface area contributed by atoms with Crippen LogP contribution >= 0.6 is 0 Å². The molecule has 0 fully saturated rings. The Bertz CT molecular complexity index is 779. The molecule has 138 valence electrons. The van der Waals surface area contributed by atoms with Gasteiger partial charge in [0.15, 0.2) is 0 Å². The Labute approximate surface area is 146 Å². The number of rotatable bonds is 4. The van der Waals surface area contributed by atoms with E-state index < -0.39 is 29.3 Å². The topological polar surface area (TPSA) is 87.7 Å². The van der Waals surface area contributed by atoms with E-state index in [0.717, 1.165) is 31.4 Å². The standard InChI is InChI=1S/C17H15F3N2O4/c1-26-14(23)16(25,17(18,19)20)11-7-9-13(10-8-11)22-15(24)21-12-5-3-2-4-6-12/h2-10,25H,1H3,(H2,21,22,24)/t16-/m1/s1. The van der Waals surface area contributed by atoms with E-state index in [9.17, 15) is 27.9 Å². The number of nitrogens with one attached hydrogen (secondary N) is 2. The minimum absolute atomic E-state index is 0.163. The third kappa shape index (κ3) is 3.94. The highest BCUT2D eigenvalue weighted by molar-refractivity contribution is 5.99. The maximum absolute atomic E-state index is 13.1. The third-order valence-electron chi connectivity index (χ3n) is 3.48. The first kappa shape index (κ1) is 19.3. The van der Waals surface area contributed by atoms with E-state index in [2.05, 4.69) is 15.4 Å². The van der Waals surface area contributed by atoms with Crippen LogP contribution in [0.4, 0.5) is 29.3 Å². The highest BCUT2D eigenvalue weighted by Gasteiger charge is 2.62. The van der Waals surface area contributed by atoms with Crippen molar-refractivity contribution >= 4 is 23.4 Å². The number of aliphatic hydroxyl groups is 1. The quantitative estimate of drug-likeness (QED) is 0.723. The molecular weight excluding hydrogens is 353 g/mol. The summed E-state index contributed by atoms with van der Waals surface area (Å²) in [7, 11) is 0.739. The number of carbonyl (C=O) groups excluding carboxylic acids is 2. The number of urea groups is 1. The Kier molecular flexibility index (Phi) is 5.51. The first-order valence-corrected chi connectivity index (χ1v) is 7.29. The summed E-state index contributed by atoms with van der Waals surface area (Å²) in [6.07, 6.45) is -5.28. The molecule has 26 heavy (non-hydrogen) atoms. The predicted octanol–water partition coefficient (Wildman–Crippen LogP) is 3.25. The van der Waals surface area contributed by atoms with Crippen LogP contribution in [0.2, 0.25) is 0 Å². The van der Waals surface area contributed by atoms with E-state index >= 15 is 0 Å². The van der Waals surface area contributed by atoms with Crippen LogP contribution in [0.3, 0.4) is 0 Å². The van der Waals surface area contributed by atoms with Crippen molar-refractivity contribution in [1.82, 2.24) is 0 Å². The Morgan fingerprint density at radius 3 is 1.88 bits per heavy atom. The number of halogens is 3. The van der Waals surface area contributed by atoms with Gasteiger partial charge in [-0.15, -0.1) is 0 Å². The van der Waals surface area contributed by atoms with Crippen LogP contribution in [0.1, 0.15) is 5.56 Å². The monoisotopic (exact) mass is 368 g/mol. The van der Waals surface area contributed by atoms with Gasteiger partial charge in [0.25, 0.3) is 5.60 Å². The number of anilines is 2. The molecule has 2 rings (SSSR count). The predicted molar refractivity (Wildman–Crippen MR) is 87.5 cm³/mol. The molecule has 0 spiro atoms. The lowest BCUT2D eigenvalue weighted by Crippen LogP contribution is -2.49. The number of benzene rings is 2. The molecule has 3 N–H and O–H groups in total. The van der Waals surface area contributed by atoms with Gasteiger partial charge in [-0.1, -0.05) is 30.3 Å². The van der Waals surface area contributed by atoms with Crippen molar-refractivity contribution in [3.05, 3.63) is 60.2 Å². The molecule has 0 saturated carbocycles. The first-order chi connectivity index (χ1) is 12.2. The minimum atomic E-state index is -5.28. The summed E-state index contributed by atoms with van der Waals surface area (Å²) in [5.74, 6) is -1.85. The summed E-state index contributed by atoms with van der Waals surface area (Å²) < 4.78 is 43.5. The molecule has 0 aliphatic carbocycles. The lowest BCUT2D eigenvalue weighted by atomic mass is 9.93. The first-order valence-electron chi connectivity index (χ1n) is 7.29. The minimum Gasteiger partial charge on any atom is -0.466 e. The number of amides is 2. The summed E-state index contributed by atoms with van der Waals surface area (Å²) >= 11 is 0. The summed E-state index contributed by atoms with van der Waals surface area (Å²) in [4.78, 5) is 23.3. The van der Waals surface area contributed by atoms with Crippen LogP contribution in [-0.2, 0) is 15.1 Å². The van der Waals surface area contributed by atoms with Crippen molar-refractivity contribution < 1.29 is 32.6 Å². The van der Waals surface area contributed by atoms with Gasteiger partial charge >= 0.3 is 18.2 Å². The van der Waals surface area contributed by atoms with E-state index in [4.69, 9.17) is 0 Å². The van der Waals surface area contributed by atoms with Crippen molar-refractivity contribution in [3.63, 3.8) is 0 Å². The Morgan fingerprint density at radius 1 is 0.923 bits per heavy atom. The molecule has 0 aliphatic rings. The van der Waals surface area contributed by atoms with Gasteiger partial charge in [0.05, 0.1) is 7.11 Å². The van der Waals surface area contributed by atoms with Crippen molar-refractivity contribution in [2.45, 2.75) is 11.8 Å². The zero-order valence-corrected chi connectivity index (χ0v) is 13.5. The molecule has 0 aromatic heterocycles. The van der Waals surface area contributed by atoms with E-state index in [1.807, 2.05) is 0 Å². The van der Waals surface area contributed by atoms with E-state index in [1.54, 1.807) is 30.3 Å². The second kappa shape index (κ2) is 7.44. The maximum Gasteiger partial charge on any atom is 0.432 e. The fraction of sp³-hybridized carbons (Fsp3) is 0.176. The van der Waals surface area contributed by atoms with Crippen LogP contribution < -0.4 is 10.6 Å². The fourth-order valence-electron chi connectivity index (χ4n) is 2.15. The third-order valence-corrected chi connectivity index (χ3v) is 3.48. The molecule has 9 heteroatoms. The lowest BCUT2D eigenvalue weighted by Gasteiger charge is -2.28. The normalized spacial score (nSPS) is 13.4. The molecule has 0 saturated heterocycles.